The van der Waals surface area contributed by atoms with E-state index in [0.29, 0.717) is 0 Å². The molecule has 6 nitrogen and oxygen atoms in total. The number of rotatable bonds is 3. The largest absolute Gasteiger partial charge is 0.269 e. The van der Waals surface area contributed by atoms with Gasteiger partial charge in [-0.15, -0.1) is 0 Å². The lowest BCUT2D eigenvalue weighted by Gasteiger charge is -2.35. The van der Waals surface area contributed by atoms with Crippen LogP contribution < -0.4 is 0 Å². The summed E-state index contributed by atoms with van der Waals surface area (Å²) < 4.78 is 0. The molecular weight excluding hydrogens is 232 g/mol. The van der Waals surface area contributed by atoms with Crippen LogP contribution in [0.5, 0.6) is 0 Å². The summed E-state index contributed by atoms with van der Waals surface area (Å²) >= 11 is 0. The average molecular weight is 244 g/mol. The highest BCUT2D eigenvalue weighted by molar-refractivity contribution is 5.37. The van der Waals surface area contributed by atoms with Gasteiger partial charge in [-0.1, -0.05) is 12.1 Å². The lowest BCUT2D eigenvalue weighted by molar-refractivity contribution is -0.384. The minimum Gasteiger partial charge on any atom is -0.258 e. The van der Waals surface area contributed by atoms with Gasteiger partial charge in [0.05, 0.1) is 23.4 Å². The summed E-state index contributed by atoms with van der Waals surface area (Å²) in [7, 11) is 0. The molecular formula is C12H12N4O2. The maximum Gasteiger partial charge on any atom is 0.269 e. The summed E-state index contributed by atoms with van der Waals surface area (Å²) in [4.78, 5) is 12.1. The molecule has 1 aliphatic carbocycles. The molecule has 0 spiro atoms. The van der Waals surface area contributed by atoms with E-state index in [2.05, 4.69) is 10.2 Å². The fraction of sp³-hybridized carbons (Fsp3) is 0.333. The molecule has 0 saturated heterocycles. The van der Waals surface area contributed by atoms with Crippen molar-refractivity contribution in [3.05, 3.63) is 52.3 Å². The van der Waals surface area contributed by atoms with Crippen LogP contribution in [0, 0.1) is 10.1 Å². The fourth-order valence-electron chi connectivity index (χ4n) is 2.41. The van der Waals surface area contributed by atoms with Crippen molar-refractivity contribution in [2.45, 2.75) is 24.8 Å². The Morgan fingerprint density at radius 3 is 2.67 bits per heavy atom. The zero-order valence-corrected chi connectivity index (χ0v) is 9.64. The molecule has 18 heavy (non-hydrogen) atoms. The van der Waals surface area contributed by atoms with E-state index in [1.807, 2.05) is 6.07 Å². The molecule has 1 saturated carbocycles. The molecule has 1 aliphatic rings. The van der Waals surface area contributed by atoms with E-state index < -0.39 is 0 Å². The molecule has 0 radical (unpaired) electrons. The maximum atomic E-state index is 10.8. The lowest BCUT2D eigenvalue weighted by Crippen LogP contribution is -2.28. The molecule has 92 valence electrons. The SMILES string of the molecule is O=[N+]([O-])c1cccc([C@H]2CC[C@H]2n2nccn2)c1. The van der Waals surface area contributed by atoms with Crippen molar-refractivity contribution in [1.29, 1.82) is 0 Å². The van der Waals surface area contributed by atoms with Gasteiger partial charge in [0.15, 0.2) is 0 Å². The van der Waals surface area contributed by atoms with Crippen molar-refractivity contribution in [2.75, 3.05) is 0 Å². The highest BCUT2D eigenvalue weighted by atomic mass is 16.6. The minimum atomic E-state index is -0.358. The zero-order valence-electron chi connectivity index (χ0n) is 9.64. The Morgan fingerprint density at radius 1 is 1.28 bits per heavy atom. The smallest absolute Gasteiger partial charge is 0.258 e. The van der Waals surface area contributed by atoms with E-state index in [1.54, 1.807) is 29.3 Å². The van der Waals surface area contributed by atoms with E-state index in [4.69, 9.17) is 0 Å². The van der Waals surface area contributed by atoms with Crippen LogP contribution in [-0.4, -0.2) is 19.9 Å². The second-order valence-electron chi connectivity index (χ2n) is 4.45. The molecule has 0 aliphatic heterocycles. The first kappa shape index (κ1) is 10.9. The number of nitro benzene ring substituents is 1. The van der Waals surface area contributed by atoms with Gasteiger partial charge in [0.25, 0.3) is 5.69 Å². The van der Waals surface area contributed by atoms with Gasteiger partial charge in [-0.25, -0.2) is 0 Å². The number of benzene rings is 1. The predicted octanol–water partition coefficient (Wildman–Crippen LogP) is 2.30. The molecule has 0 N–H and O–H groups in total. The second-order valence-corrected chi connectivity index (χ2v) is 4.45. The normalized spacial score (nSPS) is 22.4. The van der Waals surface area contributed by atoms with Crippen LogP contribution in [0.4, 0.5) is 5.69 Å². The summed E-state index contributed by atoms with van der Waals surface area (Å²) in [5.74, 6) is 0.275. The number of hydrogen-bond donors (Lipinski definition) is 0. The number of hydrogen-bond acceptors (Lipinski definition) is 4. The van der Waals surface area contributed by atoms with Gasteiger partial charge in [-0.05, 0) is 18.4 Å². The van der Waals surface area contributed by atoms with E-state index in [-0.39, 0.29) is 22.6 Å². The molecule has 0 amide bonds. The number of nitrogens with zero attached hydrogens (tertiary/aromatic N) is 4. The molecule has 1 heterocycles. The Kier molecular flexibility index (Phi) is 2.55. The Balaban J connectivity index is 1.87. The minimum absolute atomic E-state index is 0.145. The monoisotopic (exact) mass is 244 g/mol. The zero-order chi connectivity index (χ0) is 12.5. The molecule has 2 aromatic rings. The third-order valence-electron chi connectivity index (χ3n) is 3.48. The van der Waals surface area contributed by atoms with Crippen molar-refractivity contribution >= 4 is 5.69 Å². The van der Waals surface area contributed by atoms with Crippen molar-refractivity contribution in [3.63, 3.8) is 0 Å². The summed E-state index contributed by atoms with van der Waals surface area (Å²) in [5.41, 5.74) is 1.14. The first-order valence-corrected chi connectivity index (χ1v) is 5.86. The van der Waals surface area contributed by atoms with E-state index in [9.17, 15) is 10.1 Å². The highest BCUT2D eigenvalue weighted by Crippen LogP contribution is 2.45. The van der Waals surface area contributed by atoms with Crippen LogP contribution in [0.15, 0.2) is 36.7 Å². The standard InChI is InChI=1S/C12H12N4O2/c17-16(18)10-3-1-2-9(8-10)11-4-5-12(11)15-13-6-7-14-15/h1-3,6-8,11-12H,4-5H2/t11-,12-/m1/s1. The molecule has 0 bridgehead atoms. The van der Waals surface area contributed by atoms with E-state index in [1.165, 1.54) is 6.07 Å². The summed E-state index contributed by atoms with van der Waals surface area (Å²) in [5, 5.41) is 19.1. The maximum absolute atomic E-state index is 10.8. The summed E-state index contributed by atoms with van der Waals surface area (Å²) in [6, 6.07) is 7.07. The molecule has 2 atom stereocenters. The van der Waals surface area contributed by atoms with Crippen LogP contribution in [0.3, 0.4) is 0 Å². The summed E-state index contributed by atoms with van der Waals surface area (Å²) in [6.07, 6.45) is 5.35. The molecule has 6 heteroatoms. The molecule has 3 rings (SSSR count). The highest BCUT2D eigenvalue weighted by Gasteiger charge is 2.35. The molecule has 1 aromatic heterocycles. The Hall–Kier alpha value is -2.24. The first-order chi connectivity index (χ1) is 8.75. The quantitative estimate of drug-likeness (QED) is 0.613. The number of aromatic nitrogens is 3. The Labute approximate surface area is 103 Å². The fourth-order valence-corrected chi connectivity index (χ4v) is 2.41. The third kappa shape index (κ3) is 1.75. The number of non-ortho nitro benzene ring substituents is 1. The molecule has 0 unspecified atom stereocenters. The van der Waals surface area contributed by atoms with Crippen LogP contribution in [0.1, 0.15) is 30.4 Å². The van der Waals surface area contributed by atoms with Crippen molar-refractivity contribution in [2.24, 2.45) is 0 Å². The van der Waals surface area contributed by atoms with Gasteiger partial charge in [0.1, 0.15) is 0 Å². The second kappa shape index (κ2) is 4.21. The third-order valence-corrected chi connectivity index (χ3v) is 3.48. The van der Waals surface area contributed by atoms with Crippen molar-refractivity contribution in [1.82, 2.24) is 15.0 Å². The van der Waals surface area contributed by atoms with Crippen LogP contribution in [0.2, 0.25) is 0 Å². The first-order valence-electron chi connectivity index (χ1n) is 5.86. The summed E-state index contributed by atoms with van der Waals surface area (Å²) in [6.45, 7) is 0. The number of nitro groups is 1. The van der Waals surface area contributed by atoms with E-state index >= 15 is 0 Å². The Bertz CT molecular complexity index is 567. The van der Waals surface area contributed by atoms with Crippen molar-refractivity contribution in [3.8, 4) is 0 Å². The van der Waals surface area contributed by atoms with Crippen LogP contribution in [-0.2, 0) is 0 Å². The predicted molar refractivity (Wildman–Crippen MR) is 64.1 cm³/mol. The van der Waals surface area contributed by atoms with E-state index in [0.717, 1.165) is 18.4 Å². The topological polar surface area (TPSA) is 73.8 Å². The average Bonchev–Trinajstić information content (AvgIpc) is 2.81. The van der Waals surface area contributed by atoms with Gasteiger partial charge >= 0.3 is 0 Å². The van der Waals surface area contributed by atoms with Gasteiger partial charge < -0.3 is 0 Å². The van der Waals surface area contributed by atoms with Gasteiger partial charge in [0.2, 0.25) is 0 Å². The Morgan fingerprint density at radius 2 is 2.06 bits per heavy atom. The molecule has 1 aromatic carbocycles. The molecule has 1 fully saturated rings. The lowest BCUT2D eigenvalue weighted by atomic mass is 9.75. The van der Waals surface area contributed by atoms with Crippen LogP contribution in [0.25, 0.3) is 0 Å². The van der Waals surface area contributed by atoms with Gasteiger partial charge in [-0.3, -0.25) is 10.1 Å². The van der Waals surface area contributed by atoms with Crippen LogP contribution >= 0.6 is 0 Å². The van der Waals surface area contributed by atoms with Gasteiger partial charge in [0, 0.05) is 18.1 Å². The van der Waals surface area contributed by atoms with Gasteiger partial charge in [-0.2, -0.15) is 15.0 Å². The van der Waals surface area contributed by atoms with Crippen molar-refractivity contribution < 1.29 is 4.92 Å².